The number of amidine groups is 1. The lowest BCUT2D eigenvalue weighted by molar-refractivity contribution is -0.123. The molecule has 1 amide bonds. The highest BCUT2D eigenvalue weighted by Gasteiger charge is 2.35. The Labute approximate surface area is 161 Å². The number of hydrogen-bond donors (Lipinski definition) is 0. The van der Waals surface area contributed by atoms with E-state index in [0.717, 1.165) is 20.9 Å². The number of nitrogens with zero attached hydrogens (tertiary/aromatic N) is 2. The van der Waals surface area contributed by atoms with Crippen molar-refractivity contribution in [3.05, 3.63) is 69.0 Å². The number of thioether (sulfide) groups is 1. The van der Waals surface area contributed by atoms with Crippen LogP contribution in [0.5, 0.6) is 0 Å². The van der Waals surface area contributed by atoms with Crippen LogP contribution in [-0.4, -0.2) is 22.0 Å². The van der Waals surface area contributed by atoms with Gasteiger partial charge in [-0.2, -0.15) is 0 Å². The van der Waals surface area contributed by atoms with Gasteiger partial charge in [0.05, 0.1) is 10.6 Å². The van der Waals surface area contributed by atoms with Gasteiger partial charge in [-0.3, -0.25) is 9.69 Å². The Morgan fingerprint density at radius 2 is 1.72 bits per heavy atom. The number of rotatable bonds is 3. The Hall–Kier alpha value is -1.85. The molecule has 0 atom stereocenters. The molecular weight excluding hydrogens is 396 g/mol. The van der Waals surface area contributed by atoms with Crippen LogP contribution in [0.15, 0.2) is 62.9 Å². The van der Waals surface area contributed by atoms with Gasteiger partial charge >= 0.3 is 0 Å². The molecule has 2 aromatic carbocycles. The predicted octanol–water partition coefficient (Wildman–Crippen LogP) is 5.77. The molecule has 1 saturated heterocycles. The molecule has 25 heavy (non-hydrogen) atoms. The molecular formula is C20H19BrN2OS. The topological polar surface area (TPSA) is 32.7 Å². The minimum absolute atomic E-state index is 0.00813. The van der Waals surface area contributed by atoms with Crippen molar-refractivity contribution in [2.45, 2.75) is 26.8 Å². The van der Waals surface area contributed by atoms with Gasteiger partial charge in [-0.25, -0.2) is 4.99 Å². The summed E-state index contributed by atoms with van der Waals surface area (Å²) in [4.78, 5) is 20.0. The maximum atomic E-state index is 12.8. The number of carbonyl (C=O) groups excluding carboxylic acids is 1. The Morgan fingerprint density at radius 3 is 2.32 bits per heavy atom. The van der Waals surface area contributed by atoms with E-state index in [4.69, 9.17) is 4.99 Å². The fourth-order valence-corrected chi connectivity index (χ4v) is 3.84. The lowest BCUT2D eigenvalue weighted by Crippen LogP contribution is -2.35. The van der Waals surface area contributed by atoms with Crippen molar-refractivity contribution in [1.29, 1.82) is 0 Å². The summed E-state index contributed by atoms with van der Waals surface area (Å²) in [6.45, 7) is 6.06. The molecule has 1 fully saturated rings. The summed E-state index contributed by atoms with van der Waals surface area (Å²) in [5, 5.41) is 0.729. The number of aryl methyl sites for hydroxylation is 1. The first-order valence-corrected chi connectivity index (χ1v) is 9.69. The average Bonchev–Trinajstić information content (AvgIpc) is 2.87. The van der Waals surface area contributed by atoms with E-state index in [1.165, 1.54) is 17.3 Å². The molecule has 1 aliphatic rings. The van der Waals surface area contributed by atoms with Crippen LogP contribution in [0.1, 0.15) is 25.0 Å². The standard InChI is InChI=1S/C20H19BrN2OS/c1-13(2)23-19(24)18(12-15-6-8-16(21)9-7-15)25-20(23)22-17-10-4-14(3)5-11-17/h4-13H,1-3H3/b18-12+,22-20?. The van der Waals surface area contributed by atoms with Crippen LogP contribution in [0.3, 0.4) is 0 Å². The van der Waals surface area contributed by atoms with Crippen molar-refractivity contribution < 1.29 is 4.79 Å². The third kappa shape index (κ3) is 4.22. The van der Waals surface area contributed by atoms with Gasteiger partial charge in [0.15, 0.2) is 5.17 Å². The largest absolute Gasteiger partial charge is 0.284 e. The first-order valence-electron chi connectivity index (χ1n) is 8.08. The zero-order chi connectivity index (χ0) is 18.0. The van der Waals surface area contributed by atoms with Crippen LogP contribution in [-0.2, 0) is 4.79 Å². The normalized spacial score (nSPS) is 18.0. The second-order valence-electron chi connectivity index (χ2n) is 6.16. The van der Waals surface area contributed by atoms with E-state index in [2.05, 4.69) is 15.9 Å². The summed E-state index contributed by atoms with van der Waals surface area (Å²) in [6, 6.07) is 16.0. The lowest BCUT2D eigenvalue weighted by atomic mass is 10.2. The Morgan fingerprint density at radius 1 is 1.08 bits per heavy atom. The summed E-state index contributed by atoms with van der Waals surface area (Å²) in [5.74, 6) is 0.00813. The molecule has 0 aromatic heterocycles. The molecule has 0 unspecified atom stereocenters. The van der Waals surface area contributed by atoms with Crippen LogP contribution >= 0.6 is 27.7 Å². The van der Waals surface area contributed by atoms with Crippen LogP contribution < -0.4 is 0 Å². The number of hydrogen-bond acceptors (Lipinski definition) is 3. The zero-order valence-electron chi connectivity index (χ0n) is 14.4. The van der Waals surface area contributed by atoms with Crippen molar-refractivity contribution in [3.8, 4) is 0 Å². The van der Waals surface area contributed by atoms with Gasteiger partial charge in [0, 0.05) is 10.5 Å². The van der Waals surface area contributed by atoms with Crippen LogP contribution in [0, 0.1) is 6.92 Å². The number of halogens is 1. The molecule has 128 valence electrons. The maximum absolute atomic E-state index is 12.8. The number of carbonyl (C=O) groups is 1. The van der Waals surface area contributed by atoms with Gasteiger partial charge in [-0.15, -0.1) is 0 Å². The van der Waals surface area contributed by atoms with Gasteiger partial charge in [0.1, 0.15) is 0 Å². The molecule has 3 rings (SSSR count). The zero-order valence-corrected chi connectivity index (χ0v) is 16.8. The molecule has 0 spiro atoms. The molecule has 3 nitrogen and oxygen atoms in total. The minimum Gasteiger partial charge on any atom is -0.284 e. The van der Waals surface area contributed by atoms with E-state index in [-0.39, 0.29) is 11.9 Å². The smallest absolute Gasteiger partial charge is 0.266 e. The van der Waals surface area contributed by atoms with Crippen molar-refractivity contribution in [1.82, 2.24) is 4.90 Å². The van der Waals surface area contributed by atoms with Gasteiger partial charge < -0.3 is 0 Å². The molecule has 0 radical (unpaired) electrons. The van der Waals surface area contributed by atoms with E-state index in [0.29, 0.717) is 4.91 Å². The van der Waals surface area contributed by atoms with E-state index in [9.17, 15) is 4.79 Å². The van der Waals surface area contributed by atoms with Crippen molar-refractivity contribution in [2.75, 3.05) is 0 Å². The maximum Gasteiger partial charge on any atom is 0.266 e. The fraction of sp³-hybridized carbons (Fsp3) is 0.200. The quantitative estimate of drug-likeness (QED) is 0.597. The monoisotopic (exact) mass is 414 g/mol. The van der Waals surface area contributed by atoms with Crippen LogP contribution in [0.4, 0.5) is 5.69 Å². The van der Waals surface area contributed by atoms with Gasteiger partial charge in [-0.05, 0) is 68.4 Å². The molecule has 0 saturated carbocycles. The SMILES string of the molecule is Cc1ccc(N=C2S/C(=C/c3ccc(Br)cc3)C(=O)N2C(C)C)cc1. The average molecular weight is 415 g/mol. The molecule has 1 heterocycles. The van der Waals surface area contributed by atoms with Crippen LogP contribution in [0.25, 0.3) is 6.08 Å². The third-order valence-corrected chi connectivity index (χ3v) is 5.29. The molecule has 0 aliphatic carbocycles. The van der Waals surface area contributed by atoms with Crippen molar-refractivity contribution in [3.63, 3.8) is 0 Å². The summed E-state index contributed by atoms with van der Waals surface area (Å²) in [5.41, 5.74) is 3.05. The highest BCUT2D eigenvalue weighted by atomic mass is 79.9. The molecule has 0 N–H and O–H groups in total. The van der Waals surface area contributed by atoms with Gasteiger partial charge in [0.25, 0.3) is 5.91 Å². The number of aliphatic imine (C=N–C) groups is 1. The predicted molar refractivity (Wildman–Crippen MR) is 110 cm³/mol. The third-order valence-electron chi connectivity index (χ3n) is 3.78. The number of amides is 1. The van der Waals surface area contributed by atoms with E-state index >= 15 is 0 Å². The summed E-state index contributed by atoms with van der Waals surface area (Å²) in [6.07, 6.45) is 1.92. The first-order chi connectivity index (χ1) is 11.9. The summed E-state index contributed by atoms with van der Waals surface area (Å²) < 4.78 is 1.02. The Balaban J connectivity index is 1.95. The van der Waals surface area contributed by atoms with Crippen molar-refractivity contribution in [2.24, 2.45) is 4.99 Å². The fourth-order valence-electron chi connectivity index (χ4n) is 2.46. The molecule has 5 heteroatoms. The Bertz CT molecular complexity index is 839. The lowest BCUT2D eigenvalue weighted by Gasteiger charge is -2.19. The second kappa shape index (κ2) is 7.58. The van der Waals surface area contributed by atoms with Gasteiger partial charge in [-0.1, -0.05) is 45.8 Å². The van der Waals surface area contributed by atoms with Gasteiger partial charge in [0.2, 0.25) is 0 Å². The van der Waals surface area contributed by atoms with E-state index < -0.39 is 0 Å². The van der Waals surface area contributed by atoms with Crippen molar-refractivity contribution >= 4 is 50.5 Å². The molecule has 0 bridgehead atoms. The highest BCUT2D eigenvalue weighted by molar-refractivity contribution is 9.10. The number of benzene rings is 2. The molecule has 1 aliphatic heterocycles. The summed E-state index contributed by atoms with van der Waals surface area (Å²) >= 11 is 4.86. The molecule has 2 aromatic rings. The van der Waals surface area contributed by atoms with E-state index in [1.54, 1.807) is 4.90 Å². The first kappa shape index (κ1) is 18.0. The van der Waals surface area contributed by atoms with E-state index in [1.807, 2.05) is 75.4 Å². The highest BCUT2D eigenvalue weighted by Crippen LogP contribution is 2.35. The Kier molecular flexibility index (Phi) is 5.45. The minimum atomic E-state index is 0.00813. The second-order valence-corrected chi connectivity index (χ2v) is 8.09. The van der Waals surface area contributed by atoms with Crippen LogP contribution in [0.2, 0.25) is 0 Å². The summed E-state index contributed by atoms with van der Waals surface area (Å²) in [7, 11) is 0.